The number of carbonyl (C=O) groups excluding carboxylic acids is 1. The minimum Gasteiger partial charge on any atom is -0.444 e. The van der Waals surface area contributed by atoms with Crippen LogP contribution in [-0.4, -0.2) is 23.5 Å². The van der Waals surface area contributed by atoms with E-state index in [2.05, 4.69) is 24.1 Å². The molecule has 2 rings (SSSR count). The molecule has 2 aromatic heterocycles. The number of carbonyl (C=O) groups is 1. The number of thiophene rings is 1. The first-order chi connectivity index (χ1) is 10.1. The van der Waals surface area contributed by atoms with Gasteiger partial charge in [0, 0.05) is 12.6 Å². The number of amides is 1. The van der Waals surface area contributed by atoms with Gasteiger partial charge in [-0.15, -0.1) is 36.2 Å². The fourth-order valence-electron chi connectivity index (χ4n) is 2.13. The van der Waals surface area contributed by atoms with Crippen LogP contribution in [0, 0.1) is 5.92 Å². The Morgan fingerprint density at radius 1 is 1.43 bits per heavy atom. The summed E-state index contributed by atoms with van der Waals surface area (Å²) in [7, 11) is 0. The molecule has 8 heteroatoms. The smallest absolute Gasteiger partial charge is 0.236 e. The first-order valence-electron chi connectivity index (χ1n) is 7.06. The highest BCUT2D eigenvalue weighted by Gasteiger charge is 2.15. The minimum atomic E-state index is -0.0721. The highest BCUT2D eigenvalue weighted by atomic mass is 35.5. The lowest BCUT2D eigenvalue weighted by Crippen LogP contribution is -2.41. The molecule has 0 aromatic carbocycles. The third-order valence-corrected chi connectivity index (χ3v) is 3.89. The fraction of sp³-hybridized carbons (Fsp3) is 0.467. The second-order valence-electron chi connectivity index (χ2n) is 5.43. The van der Waals surface area contributed by atoms with Crippen LogP contribution in [0.3, 0.4) is 0 Å². The van der Waals surface area contributed by atoms with Crippen molar-refractivity contribution in [1.82, 2.24) is 10.3 Å². The van der Waals surface area contributed by atoms with E-state index in [1.54, 1.807) is 11.3 Å². The van der Waals surface area contributed by atoms with E-state index in [1.807, 2.05) is 17.5 Å². The summed E-state index contributed by atoms with van der Waals surface area (Å²) in [5.41, 5.74) is 6.32. The second-order valence-corrected chi connectivity index (χ2v) is 6.38. The average molecular weight is 380 g/mol. The van der Waals surface area contributed by atoms with Crippen molar-refractivity contribution in [2.75, 3.05) is 6.54 Å². The third-order valence-electron chi connectivity index (χ3n) is 3.03. The molecule has 1 unspecified atom stereocenters. The molecule has 2 aromatic rings. The largest absolute Gasteiger partial charge is 0.444 e. The monoisotopic (exact) mass is 379 g/mol. The molecular weight excluding hydrogens is 357 g/mol. The van der Waals surface area contributed by atoms with Gasteiger partial charge >= 0.3 is 0 Å². The van der Waals surface area contributed by atoms with Crippen LogP contribution in [-0.2, 0) is 11.2 Å². The molecule has 23 heavy (non-hydrogen) atoms. The van der Waals surface area contributed by atoms with Crippen molar-refractivity contribution >= 4 is 42.1 Å². The van der Waals surface area contributed by atoms with Crippen LogP contribution < -0.4 is 11.1 Å². The van der Waals surface area contributed by atoms with E-state index in [0.29, 0.717) is 24.0 Å². The molecule has 130 valence electrons. The lowest BCUT2D eigenvalue weighted by molar-refractivity contribution is -0.121. The van der Waals surface area contributed by atoms with Gasteiger partial charge in [-0.2, -0.15) is 0 Å². The highest BCUT2D eigenvalue weighted by Crippen LogP contribution is 2.23. The minimum absolute atomic E-state index is 0. The van der Waals surface area contributed by atoms with Crippen LogP contribution in [0.2, 0.25) is 0 Å². The van der Waals surface area contributed by atoms with Gasteiger partial charge in [0.1, 0.15) is 6.26 Å². The van der Waals surface area contributed by atoms with E-state index in [4.69, 9.17) is 10.2 Å². The summed E-state index contributed by atoms with van der Waals surface area (Å²) in [6.07, 6.45) is 2.62. The van der Waals surface area contributed by atoms with Gasteiger partial charge in [-0.25, -0.2) is 4.98 Å². The number of hydrogen-bond donors (Lipinski definition) is 2. The van der Waals surface area contributed by atoms with Crippen molar-refractivity contribution in [3.05, 3.63) is 29.5 Å². The number of oxazole rings is 1. The molecule has 2 heterocycles. The van der Waals surface area contributed by atoms with Crippen LogP contribution >= 0.6 is 36.2 Å². The maximum atomic E-state index is 12.0. The zero-order valence-electron chi connectivity index (χ0n) is 13.2. The van der Waals surface area contributed by atoms with Crippen LogP contribution in [0.15, 0.2) is 28.2 Å². The first-order valence-corrected chi connectivity index (χ1v) is 7.94. The standard InChI is InChI=1S/C15H21N3O2S.2ClH/c1-10(2)6-11(8-16)17-14(19)7-12-9-20-15(18-12)13-4-3-5-21-13;;/h3-5,9-11H,6-8,16H2,1-2H3,(H,17,19);2*1H. The Kier molecular flexibility index (Phi) is 10.1. The topological polar surface area (TPSA) is 81.1 Å². The molecule has 0 aliphatic heterocycles. The Bertz CT molecular complexity index is 573. The Morgan fingerprint density at radius 2 is 2.17 bits per heavy atom. The number of hydrogen-bond acceptors (Lipinski definition) is 5. The number of nitrogens with one attached hydrogen (secondary N) is 1. The Labute approximate surface area is 152 Å². The van der Waals surface area contributed by atoms with E-state index in [9.17, 15) is 4.79 Å². The predicted octanol–water partition coefficient (Wildman–Crippen LogP) is 3.28. The number of nitrogens with two attached hydrogens (primary N) is 1. The number of nitrogens with zero attached hydrogens (tertiary/aromatic N) is 1. The zero-order valence-corrected chi connectivity index (χ0v) is 15.6. The van der Waals surface area contributed by atoms with Crippen molar-refractivity contribution in [2.24, 2.45) is 11.7 Å². The van der Waals surface area contributed by atoms with Crippen molar-refractivity contribution in [2.45, 2.75) is 32.7 Å². The lowest BCUT2D eigenvalue weighted by Gasteiger charge is -2.18. The normalized spacial score (nSPS) is 11.5. The number of halogens is 2. The van der Waals surface area contributed by atoms with E-state index < -0.39 is 0 Å². The number of aromatic nitrogens is 1. The first kappa shape index (κ1) is 21.9. The molecule has 0 aliphatic carbocycles. The molecule has 0 spiro atoms. The second kappa shape index (κ2) is 10.6. The summed E-state index contributed by atoms with van der Waals surface area (Å²) in [5.74, 6) is 0.985. The summed E-state index contributed by atoms with van der Waals surface area (Å²) >= 11 is 1.56. The molecule has 0 aliphatic rings. The molecule has 0 saturated heterocycles. The summed E-state index contributed by atoms with van der Waals surface area (Å²) in [6, 6.07) is 3.89. The molecule has 0 saturated carbocycles. The van der Waals surface area contributed by atoms with Gasteiger partial charge in [0.15, 0.2) is 0 Å². The Morgan fingerprint density at radius 3 is 2.74 bits per heavy atom. The highest BCUT2D eigenvalue weighted by molar-refractivity contribution is 7.13. The zero-order chi connectivity index (χ0) is 15.2. The van der Waals surface area contributed by atoms with E-state index in [0.717, 1.165) is 11.3 Å². The molecule has 3 N–H and O–H groups in total. The van der Waals surface area contributed by atoms with Gasteiger partial charge in [-0.3, -0.25) is 4.79 Å². The van der Waals surface area contributed by atoms with Crippen LogP contribution in [0.25, 0.3) is 10.8 Å². The van der Waals surface area contributed by atoms with Gasteiger partial charge in [0.25, 0.3) is 0 Å². The predicted molar refractivity (Wildman–Crippen MR) is 98.5 cm³/mol. The average Bonchev–Trinajstić information content (AvgIpc) is 3.07. The Hall–Kier alpha value is -1.08. The third kappa shape index (κ3) is 6.91. The van der Waals surface area contributed by atoms with Gasteiger partial charge in [0.05, 0.1) is 17.0 Å². The summed E-state index contributed by atoms with van der Waals surface area (Å²) in [6.45, 7) is 4.67. The number of rotatable bonds is 7. The van der Waals surface area contributed by atoms with Crippen molar-refractivity contribution < 1.29 is 9.21 Å². The molecule has 0 bridgehead atoms. The van der Waals surface area contributed by atoms with Crippen molar-refractivity contribution in [3.8, 4) is 10.8 Å². The van der Waals surface area contributed by atoms with Gasteiger partial charge in [-0.1, -0.05) is 19.9 Å². The molecule has 1 amide bonds. The van der Waals surface area contributed by atoms with Gasteiger partial charge < -0.3 is 15.5 Å². The summed E-state index contributed by atoms with van der Waals surface area (Å²) < 4.78 is 5.40. The van der Waals surface area contributed by atoms with Crippen molar-refractivity contribution in [1.29, 1.82) is 0 Å². The van der Waals surface area contributed by atoms with E-state index in [1.165, 1.54) is 6.26 Å². The fourth-order valence-corrected chi connectivity index (χ4v) is 2.78. The van der Waals surface area contributed by atoms with Gasteiger partial charge in [0.2, 0.25) is 11.8 Å². The summed E-state index contributed by atoms with van der Waals surface area (Å²) in [5, 5.41) is 4.91. The van der Waals surface area contributed by atoms with Gasteiger partial charge in [-0.05, 0) is 23.8 Å². The lowest BCUT2D eigenvalue weighted by atomic mass is 10.0. The van der Waals surface area contributed by atoms with Crippen molar-refractivity contribution in [3.63, 3.8) is 0 Å². The quantitative estimate of drug-likeness (QED) is 0.773. The van der Waals surface area contributed by atoms with Crippen LogP contribution in [0.1, 0.15) is 26.0 Å². The maximum Gasteiger partial charge on any atom is 0.236 e. The van der Waals surface area contributed by atoms with E-state index >= 15 is 0 Å². The molecule has 1 atom stereocenters. The van der Waals surface area contributed by atoms with Crippen LogP contribution in [0.5, 0.6) is 0 Å². The Balaban J connectivity index is 0.00000242. The summed E-state index contributed by atoms with van der Waals surface area (Å²) in [4.78, 5) is 17.3. The molecular formula is C15H23Cl2N3O2S. The maximum absolute atomic E-state index is 12.0. The molecule has 5 nitrogen and oxygen atoms in total. The van der Waals surface area contributed by atoms with Crippen LogP contribution in [0.4, 0.5) is 0 Å². The molecule has 0 radical (unpaired) electrons. The molecule has 0 fully saturated rings. The van der Waals surface area contributed by atoms with E-state index in [-0.39, 0.29) is 43.2 Å². The SMILES string of the molecule is CC(C)CC(CN)NC(=O)Cc1coc(-c2cccs2)n1.Cl.Cl.